The van der Waals surface area contributed by atoms with E-state index in [1.165, 1.54) is 11.3 Å². The fraction of sp³-hybridized carbons (Fsp3) is 0.471. The molecule has 3 rings (SSSR count). The van der Waals surface area contributed by atoms with Gasteiger partial charge in [0, 0.05) is 5.38 Å². The quantitative estimate of drug-likeness (QED) is 0.871. The molecule has 1 N–H and O–H groups in total. The zero-order valence-corrected chi connectivity index (χ0v) is 13.2. The summed E-state index contributed by atoms with van der Waals surface area (Å²) in [6.45, 7) is 4.06. The van der Waals surface area contributed by atoms with Crippen LogP contribution in [-0.2, 0) is 0 Å². The van der Waals surface area contributed by atoms with Gasteiger partial charge in [-0.25, -0.2) is 4.98 Å². The minimum atomic E-state index is 0.340. The van der Waals surface area contributed by atoms with Crippen molar-refractivity contribution in [3.8, 4) is 5.75 Å². The van der Waals surface area contributed by atoms with Gasteiger partial charge >= 0.3 is 0 Å². The minimum Gasteiger partial charge on any atom is -0.493 e. The largest absolute Gasteiger partial charge is 0.493 e. The number of aromatic nitrogens is 1. The second kappa shape index (κ2) is 7.05. The number of benzene rings is 1. The van der Waals surface area contributed by atoms with Gasteiger partial charge < -0.3 is 10.1 Å². The van der Waals surface area contributed by atoms with Crippen molar-refractivity contribution in [2.75, 3.05) is 13.2 Å². The summed E-state index contributed by atoms with van der Waals surface area (Å²) < 4.78 is 5.77. The van der Waals surface area contributed by atoms with Crippen LogP contribution in [0.4, 0.5) is 0 Å². The summed E-state index contributed by atoms with van der Waals surface area (Å²) >= 11 is 1.67. The number of para-hydroxylation sites is 1. The molecule has 0 amide bonds. The molecule has 0 saturated heterocycles. The standard InChI is InChI=1S/C17H22N2OS/c1-2-8-18-15(16-11-21-12-19-16)10-13-7-9-20-17-6-4-3-5-14(13)17/h3-6,11-13,15,18H,2,7-10H2,1H3. The zero-order valence-electron chi connectivity index (χ0n) is 12.4. The average molecular weight is 302 g/mol. The van der Waals surface area contributed by atoms with E-state index in [-0.39, 0.29) is 0 Å². The molecule has 2 unspecified atom stereocenters. The van der Waals surface area contributed by atoms with E-state index in [0.717, 1.165) is 38.2 Å². The van der Waals surface area contributed by atoms with E-state index in [1.54, 1.807) is 11.3 Å². The second-order valence-electron chi connectivity index (χ2n) is 5.53. The summed E-state index contributed by atoms with van der Waals surface area (Å²) in [7, 11) is 0. The van der Waals surface area contributed by atoms with Crippen molar-refractivity contribution >= 4 is 11.3 Å². The summed E-state index contributed by atoms with van der Waals surface area (Å²) in [5, 5.41) is 5.82. The molecular formula is C17H22N2OS. The molecule has 3 nitrogen and oxygen atoms in total. The van der Waals surface area contributed by atoms with Crippen molar-refractivity contribution in [1.82, 2.24) is 10.3 Å². The Labute approximate surface area is 130 Å². The molecule has 2 atom stereocenters. The second-order valence-corrected chi connectivity index (χ2v) is 6.25. The smallest absolute Gasteiger partial charge is 0.122 e. The molecule has 0 radical (unpaired) electrons. The van der Waals surface area contributed by atoms with Crippen LogP contribution in [0.5, 0.6) is 5.75 Å². The van der Waals surface area contributed by atoms with Gasteiger partial charge in [-0.05, 0) is 43.4 Å². The van der Waals surface area contributed by atoms with E-state index in [4.69, 9.17) is 4.74 Å². The third-order valence-corrected chi connectivity index (χ3v) is 4.66. The van der Waals surface area contributed by atoms with Crippen LogP contribution in [0.1, 0.15) is 49.4 Å². The van der Waals surface area contributed by atoms with Crippen molar-refractivity contribution in [3.05, 3.63) is 46.4 Å². The van der Waals surface area contributed by atoms with E-state index in [0.29, 0.717) is 12.0 Å². The van der Waals surface area contributed by atoms with Crippen molar-refractivity contribution in [2.45, 2.75) is 38.1 Å². The molecule has 2 aromatic rings. The van der Waals surface area contributed by atoms with E-state index in [9.17, 15) is 0 Å². The summed E-state index contributed by atoms with van der Waals surface area (Å²) in [5.74, 6) is 1.60. The molecule has 2 heterocycles. The summed E-state index contributed by atoms with van der Waals surface area (Å²) in [6.07, 6.45) is 3.32. The van der Waals surface area contributed by atoms with Crippen LogP contribution in [0.15, 0.2) is 35.2 Å². The highest BCUT2D eigenvalue weighted by atomic mass is 32.1. The Hall–Kier alpha value is -1.39. The molecule has 0 spiro atoms. The first-order valence-corrected chi connectivity index (χ1v) is 8.66. The van der Waals surface area contributed by atoms with E-state index >= 15 is 0 Å². The molecule has 21 heavy (non-hydrogen) atoms. The minimum absolute atomic E-state index is 0.340. The van der Waals surface area contributed by atoms with Gasteiger partial charge in [-0.15, -0.1) is 11.3 Å². The lowest BCUT2D eigenvalue weighted by Crippen LogP contribution is -2.26. The molecule has 112 valence electrons. The first kappa shape index (κ1) is 14.5. The number of nitrogens with zero attached hydrogens (tertiary/aromatic N) is 1. The van der Waals surface area contributed by atoms with Crippen LogP contribution in [0.25, 0.3) is 0 Å². The summed E-state index contributed by atoms with van der Waals surface area (Å²) in [5.41, 5.74) is 4.45. The number of hydrogen-bond acceptors (Lipinski definition) is 4. The van der Waals surface area contributed by atoms with Gasteiger partial charge in [0.05, 0.1) is 23.9 Å². The molecule has 1 aromatic heterocycles. The van der Waals surface area contributed by atoms with Crippen LogP contribution in [-0.4, -0.2) is 18.1 Å². The number of thiazole rings is 1. The molecule has 1 aliphatic heterocycles. The number of nitrogens with one attached hydrogen (secondary N) is 1. The molecule has 1 aromatic carbocycles. The van der Waals surface area contributed by atoms with Crippen molar-refractivity contribution < 1.29 is 4.74 Å². The Morgan fingerprint density at radius 3 is 3.14 bits per heavy atom. The van der Waals surface area contributed by atoms with Crippen LogP contribution in [0.3, 0.4) is 0 Å². The Kier molecular flexibility index (Phi) is 4.88. The maximum absolute atomic E-state index is 5.77. The Morgan fingerprint density at radius 1 is 1.43 bits per heavy atom. The maximum atomic E-state index is 5.77. The third-order valence-electron chi connectivity index (χ3n) is 4.05. The van der Waals surface area contributed by atoms with E-state index < -0.39 is 0 Å². The lowest BCUT2D eigenvalue weighted by atomic mass is 9.87. The molecule has 4 heteroatoms. The molecule has 0 fully saturated rings. The van der Waals surface area contributed by atoms with E-state index in [2.05, 4.69) is 46.9 Å². The molecular weight excluding hydrogens is 280 g/mol. The highest BCUT2D eigenvalue weighted by Crippen LogP contribution is 2.38. The highest BCUT2D eigenvalue weighted by Gasteiger charge is 2.25. The van der Waals surface area contributed by atoms with Gasteiger partial charge in [-0.3, -0.25) is 0 Å². The van der Waals surface area contributed by atoms with Gasteiger partial charge in [-0.1, -0.05) is 25.1 Å². The number of fused-ring (bicyclic) bond motifs is 1. The Balaban J connectivity index is 1.77. The average Bonchev–Trinajstić information content (AvgIpc) is 3.06. The van der Waals surface area contributed by atoms with Gasteiger partial charge in [-0.2, -0.15) is 0 Å². The Bertz CT molecular complexity index is 556. The van der Waals surface area contributed by atoms with Gasteiger partial charge in [0.15, 0.2) is 0 Å². The predicted octanol–water partition coefficient (Wildman–Crippen LogP) is 4.14. The SMILES string of the molecule is CCCNC(CC1CCOc2ccccc21)c1cscn1. The molecule has 0 saturated carbocycles. The summed E-state index contributed by atoms with van der Waals surface area (Å²) in [6, 6.07) is 8.79. The van der Waals surface area contributed by atoms with Crippen LogP contribution >= 0.6 is 11.3 Å². The lowest BCUT2D eigenvalue weighted by molar-refractivity contribution is 0.254. The topological polar surface area (TPSA) is 34.1 Å². The van der Waals surface area contributed by atoms with Crippen molar-refractivity contribution in [3.63, 3.8) is 0 Å². The predicted molar refractivity (Wildman–Crippen MR) is 87.1 cm³/mol. The molecule has 0 aliphatic carbocycles. The van der Waals surface area contributed by atoms with Crippen molar-refractivity contribution in [2.24, 2.45) is 0 Å². The fourth-order valence-corrected chi connectivity index (χ4v) is 3.57. The van der Waals surface area contributed by atoms with Crippen LogP contribution < -0.4 is 10.1 Å². The normalized spacial score (nSPS) is 18.8. The number of rotatable bonds is 6. The summed E-state index contributed by atoms with van der Waals surface area (Å²) in [4.78, 5) is 4.52. The lowest BCUT2D eigenvalue weighted by Gasteiger charge is -2.29. The van der Waals surface area contributed by atoms with Crippen LogP contribution in [0, 0.1) is 0 Å². The fourth-order valence-electron chi connectivity index (χ4n) is 2.97. The van der Waals surface area contributed by atoms with Gasteiger partial charge in [0.1, 0.15) is 5.75 Å². The zero-order chi connectivity index (χ0) is 14.5. The first-order valence-electron chi connectivity index (χ1n) is 7.71. The van der Waals surface area contributed by atoms with Crippen molar-refractivity contribution in [1.29, 1.82) is 0 Å². The number of hydrogen-bond donors (Lipinski definition) is 1. The molecule has 0 bridgehead atoms. The third kappa shape index (κ3) is 3.44. The monoisotopic (exact) mass is 302 g/mol. The molecule has 1 aliphatic rings. The van der Waals surface area contributed by atoms with Gasteiger partial charge in [0.25, 0.3) is 0 Å². The van der Waals surface area contributed by atoms with E-state index in [1.807, 2.05) is 5.51 Å². The maximum Gasteiger partial charge on any atom is 0.122 e. The van der Waals surface area contributed by atoms with Gasteiger partial charge in [0.2, 0.25) is 0 Å². The Morgan fingerprint density at radius 2 is 2.33 bits per heavy atom. The first-order chi connectivity index (χ1) is 10.4. The number of ether oxygens (including phenoxy) is 1. The highest BCUT2D eigenvalue weighted by molar-refractivity contribution is 7.07. The van der Waals surface area contributed by atoms with Crippen LogP contribution in [0.2, 0.25) is 0 Å².